The molecule has 1 rings (SSSR count). The van der Waals surface area contributed by atoms with Crippen molar-refractivity contribution in [2.45, 2.75) is 26.7 Å². The summed E-state index contributed by atoms with van der Waals surface area (Å²) in [4.78, 5) is 0. The van der Waals surface area contributed by atoms with Crippen LogP contribution in [0.4, 0.5) is 0 Å². The first-order chi connectivity index (χ1) is 8.24. The van der Waals surface area contributed by atoms with Crippen LogP contribution >= 0.6 is 0 Å². The van der Waals surface area contributed by atoms with E-state index in [-0.39, 0.29) is 0 Å². The monoisotopic (exact) mass is 228 g/mol. The van der Waals surface area contributed by atoms with Gasteiger partial charge in [-0.1, -0.05) is 26.7 Å². The van der Waals surface area contributed by atoms with Crippen molar-refractivity contribution < 1.29 is 4.74 Å². The van der Waals surface area contributed by atoms with Crippen molar-refractivity contribution in [3.8, 4) is 17.9 Å². The predicted octanol–water partition coefficient (Wildman–Crippen LogP) is 3.24. The molecule has 0 radical (unpaired) electrons. The van der Waals surface area contributed by atoms with Crippen molar-refractivity contribution >= 4 is 0 Å². The average Bonchev–Trinajstić information content (AvgIpc) is 2.39. The van der Waals surface area contributed by atoms with E-state index < -0.39 is 0 Å². The number of nitriles is 2. The highest BCUT2D eigenvalue weighted by Gasteiger charge is 2.07. The molecular formula is C14H16N2O. The summed E-state index contributed by atoms with van der Waals surface area (Å²) in [5, 5.41) is 17.7. The van der Waals surface area contributed by atoms with E-state index in [0.717, 1.165) is 12.8 Å². The standard InChI is InChI=1S/C14H16N2O/c1-3-11(4-2)10-17-14-6-5-12(8-15)13(7-14)9-16/h5-7,11H,3-4,10H2,1-2H3. The molecule has 0 saturated carbocycles. The highest BCUT2D eigenvalue weighted by atomic mass is 16.5. The fraction of sp³-hybridized carbons (Fsp3) is 0.429. The first-order valence-electron chi connectivity index (χ1n) is 5.82. The minimum atomic E-state index is 0.370. The molecule has 0 fully saturated rings. The lowest BCUT2D eigenvalue weighted by Crippen LogP contribution is -2.10. The smallest absolute Gasteiger partial charge is 0.120 e. The Balaban J connectivity index is 2.74. The Morgan fingerprint density at radius 1 is 1.12 bits per heavy atom. The zero-order valence-electron chi connectivity index (χ0n) is 10.2. The van der Waals surface area contributed by atoms with E-state index in [9.17, 15) is 0 Å². The third kappa shape index (κ3) is 3.50. The van der Waals surface area contributed by atoms with Gasteiger partial charge in [-0.05, 0) is 24.1 Å². The molecular weight excluding hydrogens is 212 g/mol. The van der Waals surface area contributed by atoms with Gasteiger partial charge in [0.2, 0.25) is 0 Å². The molecule has 0 aromatic heterocycles. The lowest BCUT2D eigenvalue weighted by Gasteiger charge is -2.13. The summed E-state index contributed by atoms with van der Waals surface area (Å²) in [7, 11) is 0. The minimum Gasteiger partial charge on any atom is -0.493 e. The molecule has 1 aromatic rings. The van der Waals surface area contributed by atoms with Crippen LogP contribution in [0.15, 0.2) is 18.2 Å². The van der Waals surface area contributed by atoms with E-state index in [1.807, 2.05) is 12.1 Å². The van der Waals surface area contributed by atoms with Crippen molar-refractivity contribution in [3.63, 3.8) is 0 Å². The Morgan fingerprint density at radius 2 is 1.76 bits per heavy atom. The Bertz CT molecular complexity index is 450. The van der Waals surface area contributed by atoms with Gasteiger partial charge in [0.25, 0.3) is 0 Å². The largest absolute Gasteiger partial charge is 0.493 e. The molecule has 0 bridgehead atoms. The fourth-order valence-corrected chi connectivity index (χ4v) is 1.54. The second kappa shape index (κ2) is 6.55. The third-order valence-corrected chi connectivity index (χ3v) is 2.87. The van der Waals surface area contributed by atoms with Gasteiger partial charge < -0.3 is 4.74 Å². The summed E-state index contributed by atoms with van der Waals surface area (Å²) in [6.07, 6.45) is 2.16. The van der Waals surface area contributed by atoms with Gasteiger partial charge in [-0.3, -0.25) is 0 Å². The maximum absolute atomic E-state index is 8.89. The zero-order chi connectivity index (χ0) is 12.7. The number of hydrogen-bond acceptors (Lipinski definition) is 3. The quantitative estimate of drug-likeness (QED) is 0.777. The van der Waals surface area contributed by atoms with Crippen molar-refractivity contribution in [2.75, 3.05) is 6.61 Å². The predicted molar refractivity (Wildman–Crippen MR) is 65.4 cm³/mol. The van der Waals surface area contributed by atoms with Crippen LogP contribution in [-0.2, 0) is 0 Å². The summed E-state index contributed by atoms with van der Waals surface area (Å²) in [5.41, 5.74) is 0.761. The van der Waals surface area contributed by atoms with Crippen molar-refractivity contribution in [3.05, 3.63) is 29.3 Å². The molecule has 0 atom stereocenters. The molecule has 0 aliphatic rings. The van der Waals surface area contributed by atoms with Crippen LogP contribution in [0.2, 0.25) is 0 Å². The van der Waals surface area contributed by atoms with Gasteiger partial charge >= 0.3 is 0 Å². The zero-order valence-corrected chi connectivity index (χ0v) is 10.2. The van der Waals surface area contributed by atoms with E-state index in [1.165, 1.54) is 0 Å². The second-order valence-corrected chi connectivity index (χ2v) is 3.92. The summed E-state index contributed by atoms with van der Waals surface area (Å²) in [5.74, 6) is 1.20. The number of hydrogen-bond donors (Lipinski definition) is 0. The van der Waals surface area contributed by atoms with E-state index in [2.05, 4.69) is 13.8 Å². The molecule has 0 unspecified atom stereocenters. The average molecular weight is 228 g/mol. The summed E-state index contributed by atoms with van der Waals surface area (Å²) in [6.45, 7) is 4.93. The van der Waals surface area contributed by atoms with Gasteiger partial charge in [0, 0.05) is 0 Å². The van der Waals surface area contributed by atoms with Gasteiger partial charge in [0.05, 0.1) is 17.7 Å². The third-order valence-electron chi connectivity index (χ3n) is 2.87. The topological polar surface area (TPSA) is 56.8 Å². The maximum atomic E-state index is 8.89. The van der Waals surface area contributed by atoms with Crippen LogP contribution < -0.4 is 4.74 Å². The highest BCUT2D eigenvalue weighted by molar-refractivity contribution is 5.49. The van der Waals surface area contributed by atoms with Gasteiger partial charge in [-0.15, -0.1) is 0 Å². The molecule has 1 aromatic carbocycles. The Labute approximate surface area is 102 Å². The van der Waals surface area contributed by atoms with Crippen LogP contribution in [0, 0.1) is 28.6 Å². The van der Waals surface area contributed by atoms with Gasteiger partial charge in [-0.25, -0.2) is 0 Å². The number of nitrogens with zero attached hydrogens (tertiary/aromatic N) is 2. The molecule has 0 aliphatic heterocycles. The van der Waals surface area contributed by atoms with E-state index in [1.54, 1.807) is 18.2 Å². The highest BCUT2D eigenvalue weighted by Crippen LogP contribution is 2.18. The van der Waals surface area contributed by atoms with E-state index in [4.69, 9.17) is 15.3 Å². The molecule has 0 N–H and O–H groups in total. The van der Waals surface area contributed by atoms with Crippen molar-refractivity contribution in [1.29, 1.82) is 10.5 Å². The normalized spacial score (nSPS) is 9.71. The number of rotatable bonds is 5. The van der Waals surface area contributed by atoms with Crippen molar-refractivity contribution in [2.24, 2.45) is 5.92 Å². The first-order valence-corrected chi connectivity index (χ1v) is 5.82. The van der Waals surface area contributed by atoms with Crippen LogP contribution in [0.25, 0.3) is 0 Å². The Morgan fingerprint density at radius 3 is 2.29 bits per heavy atom. The molecule has 17 heavy (non-hydrogen) atoms. The Hall–Kier alpha value is -2.00. The van der Waals surface area contributed by atoms with E-state index in [0.29, 0.717) is 29.4 Å². The lowest BCUT2D eigenvalue weighted by molar-refractivity contribution is 0.240. The van der Waals surface area contributed by atoms with Crippen LogP contribution in [0.5, 0.6) is 5.75 Å². The van der Waals surface area contributed by atoms with E-state index >= 15 is 0 Å². The van der Waals surface area contributed by atoms with Gasteiger partial charge in [-0.2, -0.15) is 10.5 Å². The maximum Gasteiger partial charge on any atom is 0.120 e. The molecule has 0 amide bonds. The number of benzene rings is 1. The lowest BCUT2D eigenvalue weighted by atomic mass is 10.1. The molecule has 0 aliphatic carbocycles. The molecule has 0 spiro atoms. The summed E-state index contributed by atoms with van der Waals surface area (Å²) < 4.78 is 5.63. The minimum absolute atomic E-state index is 0.370. The fourth-order valence-electron chi connectivity index (χ4n) is 1.54. The SMILES string of the molecule is CCC(CC)COc1ccc(C#N)c(C#N)c1. The summed E-state index contributed by atoms with van der Waals surface area (Å²) in [6, 6.07) is 8.97. The molecule has 3 heteroatoms. The van der Waals surface area contributed by atoms with Crippen LogP contribution in [0.3, 0.4) is 0 Å². The second-order valence-electron chi connectivity index (χ2n) is 3.92. The van der Waals surface area contributed by atoms with Gasteiger partial charge in [0.1, 0.15) is 17.9 Å². The summed E-state index contributed by atoms with van der Waals surface area (Å²) >= 11 is 0. The molecule has 0 saturated heterocycles. The van der Waals surface area contributed by atoms with Crippen LogP contribution in [0.1, 0.15) is 37.8 Å². The Kier molecular flexibility index (Phi) is 5.04. The van der Waals surface area contributed by atoms with Crippen molar-refractivity contribution in [1.82, 2.24) is 0 Å². The first kappa shape index (κ1) is 13.1. The van der Waals surface area contributed by atoms with Crippen LogP contribution in [-0.4, -0.2) is 6.61 Å². The van der Waals surface area contributed by atoms with Gasteiger partial charge in [0.15, 0.2) is 0 Å². The number of ether oxygens (including phenoxy) is 1. The molecule has 3 nitrogen and oxygen atoms in total. The molecule has 88 valence electrons. The molecule has 0 heterocycles.